The number of benzene rings is 1. The molecule has 5 rings (SSSR count). The van der Waals surface area contributed by atoms with Crippen molar-refractivity contribution in [2.45, 2.75) is 25.8 Å². The molecule has 0 saturated carbocycles. The minimum atomic E-state index is -1.47. The molecule has 7 nitrogen and oxygen atoms in total. The first kappa shape index (κ1) is 20.9. The Morgan fingerprint density at radius 2 is 1.91 bits per heavy atom. The summed E-state index contributed by atoms with van der Waals surface area (Å²) < 4.78 is 50.2. The smallest absolute Gasteiger partial charge is 0.238 e. The summed E-state index contributed by atoms with van der Waals surface area (Å²) in [7, 11) is 1.54. The SMILES string of the molecule is COc1nc(/C=C/c2nc3n(n2)CCC3c2ccc(F)c(F)c2F)ccc1-n1cnc(C)c1. The van der Waals surface area contributed by atoms with E-state index in [1.807, 2.05) is 29.8 Å². The number of aryl methyl sites for hydroxylation is 2. The maximum Gasteiger partial charge on any atom is 0.238 e. The fraction of sp³-hybridized carbons (Fsp3) is 0.217. The number of nitrogens with zero attached hydrogens (tertiary/aromatic N) is 6. The van der Waals surface area contributed by atoms with Crippen LogP contribution in [-0.4, -0.2) is 36.4 Å². The van der Waals surface area contributed by atoms with Gasteiger partial charge in [-0.25, -0.2) is 32.8 Å². The van der Waals surface area contributed by atoms with Gasteiger partial charge >= 0.3 is 0 Å². The van der Waals surface area contributed by atoms with Crippen molar-refractivity contribution >= 4 is 12.2 Å². The monoisotopic (exact) mass is 452 g/mol. The second kappa shape index (κ2) is 8.19. The Balaban J connectivity index is 1.40. The van der Waals surface area contributed by atoms with Crippen molar-refractivity contribution in [1.29, 1.82) is 0 Å². The summed E-state index contributed by atoms with van der Waals surface area (Å²) >= 11 is 0. The number of hydrogen-bond donors (Lipinski definition) is 0. The van der Waals surface area contributed by atoms with Gasteiger partial charge in [-0.05, 0) is 43.7 Å². The molecule has 4 heterocycles. The van der Waals surface area contributed by atoms with Crippen molar-refractivity contribution in [2.24, 2.45) is 0 Å². The van der Waals surface area contributed by atoms with Gasteiger partial charge in [0, 0.05) is 24.2 Å². The van der Waals surface area contributed by atoms with Gasteiger partial charge in [-0.3, -0.25) is 0 Å². The number of aromatic nitrogens is 6. The van der Waals surface area contributed by atoms with Crippen molar-refractivity contribution in [3.05, 3.63) is 82.8 Å². The Kier molecular flexibility index (Phi) is 5.20. The Morgan fingerprint density at radius 3 is 2.67 bits per heavy atom. The standard InChI is InChI=1S/C23H19F3N6O/c1-13-11-31(12-27-13)18-7-3-14(28-23(18)33-2)4-8-19-29-22-16(9-10-32(22)30-19)15-5-6-17(24)21(26)20(15)25/h3-8,11-12,16H,9-10H2,1-2H3/b8-4+. The maximum absolute atomic E-state index is 14.3. The first-order valence-corrected chi connectivity index (χ1v) is 10.3. The van der Waals surface area contributed by atoms with E-state index >= 15 is 0 Å². The molecule has 168 valence electrons. The van der Waals surface area contributed by atoms with Gasteiger partial charge in [0.05, 0.1) is 24.8 Å². The molecule has 1 aromatic carbocycles. The third kappa shape index (κ3) is 3.77. The zero-order valence-corrected chi connectivity index (χ0v) is 17.8. The van der Waals surface area contributed by atoms with Crippen molar-refractivity contribution in [3.63, 3.8) is 0 Å². The summed E-state index contributed by atoms with van der Waals surface area (Å²) in [6.45, 7) is 2.40. The second-order valence-corrected chi connectivity index (χ2v) is 7.68. The average Bonchev–Trinajstić information content (AvgIpc) is 3.52. The van der Waals surface area contributed by atoms with Crippen LogP contribution in [0.4, 0.5) is 13.2 Å². The summed E-state index contributed by atoms with van der Waals surface area (Å²) in [5, 5.41) is 4.42. The molecule has 0 spiro atoms. The highest BCUT2D eigenvalue weighted by molar-refractivity contribution is 5.65. The van der Waals surface area contributed by atoms with Crippen LogP contribution in [0.2, 0.25) is 0 Å². The van der Waals surface area contributed by atoms with Crippen molar-refractivity contribution in [1.82, 2.24) is 29.3 Å². The van der Waals surface area contributed by atoms with Crippen LogP contribution in [-0.2, 0) is 6.54 Å². The summed E-state index contributed by atoms with van der Waals surface area (Å²) in [5.74, 6) is -3.01. The number of methoxy groups -OCH3 is 1. The molecule has 0 aliphatic carbocycles. The third-order valence-corrected chi connectivity index (χ3v) is 5.55. The van der Waals surface area contributed by atoms with Crippen molar-refractivity contribution < 1.29 is 17.9 Å². The number of ether oxygens (including phenoxy) is 1. The second-order valence-electron chi connectivity index (χ2n) is 7.68. The van der Waals surface area contributed by atoms with E-state index in [2.05, 4.69) is 20.1 Å². The quantitative estimate of drug-likeness (QED) is 0.423. The molecule has 0 N–H and O–H groups in total. The van der Waals surface area contributed by atoms with Crippen LogP contribution in [0, 0.1) is 24.4 Å². The van der Waals surface area contributed by atoms with Crippen LogP contribution < -0.4 is 4.74 Å². The topological polar surface area (TPSA) is 70.7 Å². The number of halogens is 3. The summed E-state index contributed by atoms with van der Waals surface area (Å²) in [4.78, 5) is 13.2. The van der Waals surface area contributed by atoms with Crippen molar-refractivity contribution in [2.75, 3.05) is 7.11 Å². The molecule has 0 fully saturated rings. The minimum absolute atomic E-state index is 0.0762. The predicted octanol–water partition coefficient (Wildman–Crippen LogP) is 4.30. The highest BCUT2D eigenvalue weighted by atomic mass is 19.2. The van der Waals surface area contributed by atoms with E-state index in [-0.39, 0.29) is 5.56 Å². The van der Waals surface area contributed by atoms with E-state index in [1.54, 1.807) is 30.3 Å². The number of rotatable bonds is 5. The number of pyridine rings is 1. The molecule has 1 unspecified atom stereocenters. The van der Waals surface area contributed by atoms with Gasteiger partial charge in [0.1, 0.15) is 11.5 Å². The molecule has 0 radical (unpaired) electrons. The van der Waals surface area contributed by atoms with Gasteiger partial charge in [0.15, 0.2) is 23.3 Å². The molecular weight excluding hydrogens is 433 g/mol. The molecule has 0 saturated heterocycles. The fourth-order valence-corrected chi connectivity index (χ4v) is 3.95. The van der Waals surface area contributed by atoms with Crippen LogP contribution in [0.3, 0.4) is 0 Å². The number of hydrogen-bond acceptors (Lipinski definition) is 5. The van der Waals surface area contributed by atoms with E-state index in [0.29, 0.717) is 36.2 Å². The van der Waals surface area contributed by atoms with Crippen LogP contribution in [0.5, 0.6) is 5.88 Å². The van der Waals surface area contributed by atoms with Crippen LogP contribution in [0.25, 0.3) is 17.8 Å². The van der Waals surface area contributed by atoms with Crippen LogP contribution in [0.1, 0.15) is 40.9 Å². The lowest BCUT2D eigenvalue weighted by molar-refractivity contribution is 0.395. The molecular formula is C23H19F3N6O. The van der Waals surface area contributed by atoms with Crippen LogP contribution in [0.15, 0.2) is 36.8 Å². The van der Waals surface area contributed by atoms with Gasteiger partial charge in [0.2, 0.25) is 5.88 Å². The lowest BCUT2D eigenvalue weighted by atomic mass is 9.96. The van der Waals surface area contributed by atoms with E-state index < -0.39 is 23.4 Å². The first-order chi connectivity index (χ1) is 15.9. The molecule has 4 aromatic rings. The van der Waals surface area contributed by atoms with E-state index in [9.17, 15) is 13.2 Å². The summed E-state index contributed by atoms with van der Waals surface area (Å²) in [5.41, 5.74) is 2.34. The molecule has 3 aromatic heterocycles. The molecule has 33 heavy (non-hydrogen) atoms. The minimum Gasteiger partial charge on any atom is -0.479 e. The Bertz CT molecular complexity index is 1380. The molecule has 1 aliphatic rings. The van der Waals surface area contributed by atoms with Gasteiger partial charge in [0.25, 0.3) is 0 Å². The lowest BCUT2D eigenvalue weighted by Gasteiger charge is -2.10. The number of fused-ring (bicyclic) bond motifs is 1. The zero-order chi connectivity index (χ0) is 23.1. The normalized spacial score (nSPS) is 15.4. The van der Waals surface area contributed by atoms with E-state index in [1.165, 1.54) is 6.07 Å². The molecule has 1 aliphatic heterocycles. The highest BCUT2D eigenvalue weighted by Gasteiger charge is 2.31. The Morgan fingerprint density at radius 1 is 1.06 bits per heavy atom. The number of imidazole rings is 1. The fourth-order valence-electron chi connectivity index (χ4n) is 3.95. The zero-order valence-electron chi connectivity index (χ0n) is 17.8. The molecule has 1 atom stereocenters. The third-order valence-electron chi connectivity index (χ3n) is 5.55. The lowest BCUT2D eigenvalue weighted by Crippen LogP contribution is -2.05. The molecule has 0 bridgehead atoms. The predicted molar refractivity (Wildman–Crippen MR) is 114 cm³/mol. The van der Waals surface area contributed by atoms with E-state index in [0.717, 1.165) is 17.4 Å². The van der Waals surface area contributed by atoms with Crippen molar-refractivity contribution in [3.8, 4) is 11.6 Å². The Hall–Kier alpha value is -3.95. The Labute approximate surface area is 187 Å². The first-order valence-electron chi connectivity index (χ1n) is 10.3. The van der Waals surface area contributed by atoms with Gasteiger partial charge in [-0.15, -0.1) is 0 Å². The van der Waals surface area contributed by atoms with Gasteiger partial charge in [-0.1, -0.05) is 6.07 Å². The highest BCUT2D eigenvalue weighted by Crippen LogP contribution is 2.35. The van der Waals surface area contributed by atoms with E-state index in [4.69, 9.17) is 4.74 Å². The summed E-state index contributed by atoms with van der Waals surface area (Å²) in [6.07, 6.45) is 7.50. The maximum atomic E-state index is 14.3. The molecule has 10 heteroatoms. The summed E-state index contributed by atoms with van der Waals surface area (Å²) in [6, 6.07) is 5.89. The average molecular weight is 452 g/mol. The largest absolute Gasteiger partial charge is 0.479 e. The van der Waals surface area contributed by atoms with Gasteiger partial charge < -0.3 is 9.30 Å². The van der Waals surface area contributed by atoms with Crippen LogP contribution >= 0.6 is 0 Å². The van der Waals surface area contributed by atoms with Gasteiger partial charge in [-0.2, -0.15) is 5.10 Å². The molecule has 0 amide bonds.